The molecule has 0 fully saturated rings. The number of hydrogen-bond acceptors (Lipinski definition) is 4. The topological polar surface area (TPSA) is 59.3 Å². The van der Waals surface area contributed by atoms with E-state index < -0.39 is 0 Å². The van der Waals surface area contributed by atoms with E-state index in [0.29, 0.717) is 12.4 Å². The van der Waals surface area contributed by atoms with Gasteiger partial charge in [0.15, 0.2) is 17.7 Å². The number of aromatic nitrogens is 2. The van der Waals surface area contributed by atoms with Crippen LogP contribution in [0.1, 0.15) is 35.5 Å². The fourth-order valence-electron chi connectivity index (χ4n) is 3.72. The Labute approximate surface area is 153 Å². The molecule has 2 N–H and O–H groups in total. The third-order valence-corrected chi connectivity index (χ3v) is 4.76. The molecular weight excluding hydrogens is 326 g/mol. The largest absolute Gasteiger partial charge is 0.504 e. The van der Waals surface area contributed by atoms with Crippen molar-refractivity contribution in [3.63, 3.8) is 0 Å². The van der Waals surface area contributed by atoms with E-state index in [9.17, 15) is 5.11 Å². The van der Waals surface area contributed by atoms with Crippen LogP contribution in [0.25, 0.3) is 11.3 Å². The Bertz CT molecular complexity index is 991. The normalized spacial score (nSPS) is 15.2. The molecule has 0 saturated carbocycles. The highest BCUT2D eigenvalue weighted by Crippen LogP contribution is 2.44. The molecule has 1 aromatic heterocycles. The molecule has 1 aliphatic heterocycles. The minimum absolute atomic E-state index is 0.152. The van der Waals surface area contributed by atoms with Crippen molar-refractivity contribution in [3.05, 3.63) is 58.8 Å². The van der Waals surface area contributed by atoms with Crippen LogP contribution < -0.4 is 10.1 Å². The van der Waals surface area contributed by atoms with Crippen molar-refractivity contribution in [2.75, 3.05) is 11.9 Å². The highest BCUT2D eigenvalue weighted by Gasteiger charge is 2.30. The van der Waals surface area contributed by atoms with Gasteiger partial charge < -0.3 is 15.2 Å². The van der Waals surface area contributed by atoms with Gasteiger partial charge in [0.25, 0.3) is 0 Å². The van der Waals surface area contributed by atoms with Crippen LogP contribution in [0.2, 0.25) is 0 Å². The number of nitrogens with zero attached hydrogens (tertiary/aromatic N) is 2. The number of para-hydroxylation sites is 1. The summed E-state index contributed by atoms with van der Waals surface area (Å²) < 4.78 is 7.51. The monoisotopic (exact) mass is 349 g/mol. The maximum Gasteiger partial charge on any atom is 0.165 e. The Balaban J connectivity index is 1.91. The molecule has 2 heterocycles. The lowest BCUT2D eigenvalue weighted by atomic mass is 9.98. The van der Waals surface area contributed by atoms with E-state index >= 15 is 0 Å². The molecule has 4 rings (SSSR count). The highest BCUT2D eigenvalue weighted by atomic mass is 16.5. The molecule has 26 heavy (non-hydrogen) atoms. The van der Waals surface area contributed by atoms with Crippen LogP contribution >= 0.6 is 0 Å². The molecule has 134 valence electrons. The lowest BCUT2D eigenvalue weighted by Crippen LogP contribution is -2.26. The Morgan fingerprint density at radius 2 is 2.00 bits per heavy atom. The quantitative estimate of drug-likeness (QED) is 0.728. The van der Waals surface area contributed by atoms with Gasteiger partial charge in [0.05, 0.1) is 18.0 Å². The molecule has 0 aliphatic carbocycles. The molecule has 0 radical (unpaired) electrons. The van der Waals surface area contributed by atoms with Gasteiger partial charge in [0, 0.05) is 16.8 Å². The standard InChI is InChI=1S/C21H23N3O2/c1-5-26-18-8-6-7-15(20(18)25)21-22-19-13(3)9-12(2)10-16(19)17-11-14(4)23-24(17)21/h6-11,21-22,25H,5H2,1-4H3. The highest BCUT2D eigenvalue weighted by molar-refractivity contribution is 5.82. The summed E-state index contributed by atoms with van der Waals surface area (Å²) in [5.74, 6) is 0.642. The average Bonchev–Trinajstić information content (AvgIpc) is 2.98. The van der Waals surface area contributed by atoms with E-state index in [1.807, 2.05) is 30.7 Å². The Hall–Kier alpha value is -2.95. The maximum atomic E-state index is 10.8. The van der Waals surface area contributed by atoms with E-state index in [1.165, 1.54) is 11.1 Å². The molecule has 0 saturated heterocycles. The van der Waals surface area contributed by atoms with E-state index in [0.717, 1.165) is 28.2 Å². The predicted molar refractivity (Wildman–Crippen MR) is 103 cm³/mol. The Morgan fingerprint density at radius 3 is 2.77 bits per heavy atom. The predicted octanol–water partition coefficient (Wildman–Crippen LogP) is 4.55. The molecule has 0 spiro atoms. The second-order valence-electron chi connectivity index (χ2n) is 6.79. The third-order valence-electron chi connectivity index (χ3n) is 4.76. The summed E-state index contributed by atoms with van der Waals surface area (Å²) >= 11 is 0. The molecule has 0 bridgehead atoms. The second-order valence-corrected chi connectivity index (χ2v) is 6.79. The maximum absolute atomic E-state index is 10.8. The van der Waals surface area contributed by atoms with Crippen LogP contribution in [0.4, 0.5) is 5.69 Å². The fourth-order valence-corrected chi connectivity index (χ4v) is 3.72. The number of fused-ring (bicyclic) bond motifs is 3. The number of rotatable bonds is 3. The van der Waals surface area contributed by atoms with Gasteiger partial charge in [-0.15, -0.1) is 0 Å². The molecule has 5 heteroatoms. The lowest BCUT2D eigenvalue weighted by molar-refractivity contribution is 0.315. The first-order valence-electron chi connectivity index (χ1n) is 8.88. The Kier molecular flexibility index (Phi) is 3.87. The average molecular weight is 349 g/mol. The zero-order chi connectivity index (χ0) is 18.4. The summed E-state index contributed by atoms with van der Waals surface area (Å²) in [6, 6.07) is 12.0. The summed E-state index contributed by atoms with van der Waals surface area (Å²) in [5, 5.41) is 19.0. The minimum atomic E-state index is -0.298. The van der Waals surface area contributed by atoms with Gasteiger partial charge >= 0.3 is 0 Å². The number of ether oxygens (including phenoxy) is 1. The van der Waals surface area contributed by atoms with Gasteiger partial charge in [-0.05, 0) is 51.5 Å². The van der Waals surface area contributed by atoms with E-state index in [1.54, 1.807) is 6.07 Å². The first-order chi connectivity index (χ1) is 12.5. The fraction of sp³-hybridized carbons (Fsp3) is 0.286. The van der Waals surface area contributed by atoms with Gasteiger partial charge in [0.1, 0.15) is 0 Å². The molecule has 1 aliphatic rings. The number of aryl methyl sites for hydroxylation is 3. The minimum Gasteiger partial charge on any atom is -0.504 e. The van der Waals surface area contributed by atoms with Crippen LogP contribution in [-0.4, -0.2) is 21.5 Å². The van der Waals surface area contributed by atoms with Crippen LogP contribution in [-0.2, 0) is 0 Å². The molecule has 3 aromatic rings. The zero-order valence-corrected chi connectivity index (χ0v) is 15.5. The zero-order valence-electron chi connectivity index (χ0n) is 15.5. The molecule has 1 unspecified atom stereocenters. The van der Waals surface area contributed by atoms with Crippen molar-refractivity contribution >= 4 is 5.69 Å². The van der Waals surface area contributed by atoms with Crippen LogP contribution in [0.5, 0.6) is 11.5 Å². The van der Waals surface area contributed by atoms with E-state index in [2.05, 4.69) is 42.5 Å². The summed E-state index contributed by atoms with van der Waals surface area (Å²) in [4.78, 5) is 0. The number of phenolic OH excluding ortho intramolecular Hbond substituents is 1. The smallest absolute Gasteiger partial charge is 0.165 e. The second kappa shape index (κ2) is 6.09. The molecule has 1 atom stereocenters. The molecule has 5 nitrogen and oxygen atoms in total. The summed E-state index contributed by atoms with van der Waals surface area (Å²) in [5.41, 5.74) is 7.34. The molecule has 0 amide bonds. The SMILES string of the molecule is CCOc1cccc(C2Nc3c(C)cc(C)cc3-c3cc(C)nn32)c1O. The van der Waals surface area contributed by atoms with Gasteiger partial charge in [-0.3, -0.25) is 0 Å². The lowest BCUT2D eigenvalue weighted by Gasteiger charge is -2.31. The first kappa shape index (κ1) is 16.5. The summed E-state index contributed by atoms with van der Waals surface area (Å²) in [6.45, 7) is 8.60. The molecule has 2 aromatic carbocycles. The van der Waals surface area contributed by atoms with Crippen LogP contribution in [0.15, 0.2) is 36.4 Å². The number of phenols is 1. The van der Waals surface area contributed by atoms with E-state index in [-0.39, 0.29) is 11.9 Å². The third kappa shape index (κ3) is 2.51. The van der Waals surface area contributed by atoms with E-state index in [4.69, 9.17) is 4.74 Å². The van der Waals surface area contributed by atoms with Crippen LogP contribution in [0.3, 0.4) is 0 Å². The van der Waals surface area contributed by atoms with Gasteiger partial charge in [-0.1, -0.05) is 23.8 Å². The number of hydrogen-bond donors (Lipinski definition) is 2. The van der Waals surface area contributed by atoms with Gasteiger partial charge in [-0.25, -0.2) is 4.68 Å². The van der Waals surface area contributed by atoms with Gasteiger partial charge in [0.2, 0.25) is 0 Å². The van der Waals surface area contributed by atoms with Crippen molar-refractivity contribution in [1.82, 2.24) is 9.78 Å². The number of aromatic hydroxyl groups is 1. The number of benzene rings is 2. The summed E-state index contributed by atoms with van der Waals surface area (Å²) in [6.07, 6.45) is -0.298. The molecular formula is C21H23N3O2. The van der Waals surface area contributed by atoms with Crippen molar-refractivity contribution < 1.29 is 9.84 Å². The Morgan fingerprint density at radius 1 is 1.19 bits per heavy atom. The van der Waals surface area contributed by atoms with Crippen molar-refractivity contribution in [3.8, 4) is 22.8 Å². The number of nitrogens with one attached hydrogen (secondary N) is 1. The first-order valence-corrected chi connectivity index (χ1v) is 8.88. The van der Waals surface area contributed by atoms with Crippen molar-refractivity contribution in [1.29, 1.82) is 0 Å². The van der Waals surface area contributed by atoms with Gasteiger partial charge in [-0.2, -0.15) is 5.10 Å². The van der Waals surface area contributed by atoms with Crippen LogP contribution in [0, 0.1) is 20.8 Å². The van der Waals surface area contributed by atoms with Crippen molar-refractivity contribution in [2.24, 2.45) is 0 Å². The van der Waals surface area contributed by atoms with Crippen molar-refractivity contribution in [2.45, 2.75) is 33.9 Å². The number of anilines is 1. The summed E-state index contributed by atoms with van der Waals surface area (Å²) in [7, 11) is 0.